The molecule has 2 aromatic carbocycles. The molecule has 0 radical (unpaired) electrons. The van der Waals surface area contributed by atoms with Crippen LogP contribution >= 0.6 is 0 Å². The number of esters is 1. The number of H-pyrrole nitrogens is 1. The van der Waals surface area contributed by atoms with Gasteiger partial charge in [-0.2, -0.15) is 15.0 Å². The molecule has 7 rings (SSSR count). The molecule has 0 unspecified atom stereocenters. The monoisotopic (exact) mass is 581 g/mol. The minimum atomic E-state index is -0.620. The molecule has 3 aliphatic rings. The Morgan fingerprint density at radius 3 is 1.93 bits per heavy atom. The van der Waals surface area contributed by atoms with Crippen molar-refractivity contribution in [2.24, 2.45) is 0 Å². The third kappa shape index (κ3) is 5.16. The van der Waals surface area contributed by atoms with E-state index in [9.17, 15) is 4.79 Å². The van der Waals surface area contributed by atoms with Crippen molar-refractivity contribution in [2.45, 2.75) is 18.5 Å². The first-order valence-electron chi connectivity index (χ1n) is 15.1. The van der Waals surface area contributed by atoms with Gasteiger partial charge in [0.05, 0.1) is 13.2 Å². The Labute approximate surface area is 252 Å². The number of rotatable bonds is 5. The van der Waals surface area contributed by atoms with E-state index in [0.717, 1.165) is 80.1 Å². The van der Waals surface area contributed by atoms with Crippen molar-refractivity contribution < 1.29 is 9.53 Å². The van der Waals surface area contributed by atoms with E-state index in [-0.39, 0.29) is 12.0 Å². The first-order valence-corrected chi connectivity index (χ1v) is 15.1. The normalized spacial score (nSPS) is 21.7. The lowest BCUT2D eigenvalue weighted by molar-refractivity contribution is -0.142. The quantitative estimate of drug-likeness (QED) is 0.354. The number of anilines is 3. The lowest BCUT2D eigenvalue weighted by Crippen LogP contribution is -2.51. The Balaban J connectivity index is 1.42. The van der Waals surface area contributed by atoms with E-state index in [1.165, 1.54) is 7.11 Å². The zero-order chi connectivity index (χ0) is 29.5. The van der Waals surface area contributed by atoms with Gasteiger partial charge in [-0.15, -0.1) is 0 Å². The summed E-state index contributed by atoms with van der Waals surface area (Å²) in [7, 11) is 5.74. The predicted molar refractivity (Wildman–Crippen MR) is 168 cm³/mol. The summed E-state index contributed by atoms with van der Waals surface area (Å²) in [6.45, 7) is 7.06. The molecular formula is C32H39N9O2. The van der Waals surface area contributed by atoms with E-state index in [1.54, 1.807) is 0 Å². The maximum atomic E-state index is 13.7. The number of hydrogen-bond acceptors (Lipinski definition) is 10. The van der Waals surface area contributed by atoms with Gasteiger partial charge in [-0.05, 0) is 31.3 Å². The van der Waals surface area contributed by atoms with Gasteiger partial charge in [0.1, 0.15) is 6.04 Å². The van der Waals surface area contributed by atoms with E-state index in [2.05, 4.69) is 67.8 Å². The second kappa shape index (κ2) is 11.5. The summed E-state index contributed by atoms with van der Waals surface area (Å²) in [6, 6.07) is 17.6. The molecule has 0 bridgehead atoms. The van der Waals surface area contributed by atoms with Crippen LogP contribution < -0.4 is 14.7 Å². The van der Waals surface area contributed by atoms with Gasteiger partial charge in [0, 0.05) is 75.4 Å². The average molecular weight is 582 g/mol. The summed E-state index contributed by atoms with van der Waals surface area (Å²) >= 11 is 0. The van der Waals surface area contributed by atoms with Crippen molar-refractivity contribution in [3.63, 3.8) is 0 Å². The zero-order valence-corrected chi connectivity index (χ0v) is 25.1. The number of piperazine rings is 2. The van der Waals surface area contributed by atoms with Gasteiger partial charge in [0.2, 0.25) is 17.8 Å². The Bertz CT molecular complexity index is 1550. The number of benzene rings is 2. The number of aromatic nitrogens is 4. The second-order valence-electron chi connectivity index (χ2n) is 11.8. The van der Waals surface area contributed by atoms with Crippen molar-refractivity contribution in [1.82, 2.24) is 29.7 Å². The van der Waals surface area contributed by atoms with Crippen molar-refractivity contribution in [3.8, 4) is 0 Å². The molecule has 224 valence electrons. The summed E-state index contributed by atoms with van der Waals surface area (Å²) in [5, 5.41) is 1.12. The first-order chi connectivity index (χ1) is 21.0. The molecule has 0 saturated carbocycles. The Morgan fingerprint density at radius 1 is 0.767 bits per heavy atom. The number of para-hydroxylation sites is 1. The lowest BCUT2D eigenvalue weighted by atomic mass is 9.88. The first kappa shape index (κ1) is 27.6. The summed E-state index contributed by atoms with van der Waals surface area (Å²) < 4.78 is 5.45. The highest BCUT2D eigenvalue weighted by Crippen LogP contribution is 2.43. The standard InChI is InChI=1S/C32H39N9O2/c1-37-13-17-39(18-14-37)30-34-31(40-19-15-38(2)16-20-40)36-32(35-30)41-26(29(42)43-3)21-24-23-11-7-8-12-25(23)33-27(24)28(41)22-9-5-4-6-10-22/h4-12,26,28,33H,13-21H2,1-3H3/t26-,28+/m1/s1. The van der Waals surface area contributed by atoms with E-state index >= 15 is 0 Å². The molecule has 5 heterocycles. The van der Waals surface area contributed by atoms with E-state index in [4.69, 9.17) is 19.7 Å². The number of hydrogen-bond donors (Lipinski definition) is 1. The van der Waals surface area contributed by atoms with Crippen LogP contribution in [0, 0.1) is 0 Å². The van der Waals surface area contributed by atoms with Crippen LogP contribution in [0.1, 0.15) is 22.9 Å². The Morgan fingerprint density at radius 2 is 1.33 bits per heavy atom. The van der Waals surface area contributed by atoms with Crippen LogP contribution in [0.4, 0.5) is 17.8 Å². The molecule has 0 amide bonds. The SMILES string of the molecule is COC(=O)[C@H]1Cc2c([nH]c3ccccc23)[C@H](c2ccccc2)N1c1nc(N2CCN(C)CC2)nc(N2CCN(C)CC2)n1. The summed E-state index contributed by atoms with van der Waals surface area (Å²) in [4.78, 5) is 43.9. The minimum absolute atomic E-state index is 0.306. The summed E-state index contributed by atoms with van der Waals surface area (Å²) in [6.07, 6.45) is 0.481. The number of nitrogens with zero attached hydrogens (tertiary/aromatic N) is 8. The van der Waals surface area contributed by atoms with Crippen LogP contribution in [0.5, 0.6) is 0 Å². The Hall–Kier alpha value is -4.22. The molecule has 11 nitrogen and oxygen atoms in total. The van der Waals surface area contributed by atoms with Crippen LogP contribution in [0.15, 0.2) is 54.6 Å². The highest BCUT2D eigenvalue weighted by Gasteiger charge is 2.43. The van der Waals surface area contributed by atoms with Crippen molar-refractivity contribution in [2.75, 3.05) is 88.3 Å². The molecule has 2 saturated heterocycles. The fraction of sp³-hybridized carbons (Fsp3) is 0.438. The second-order valence-corrected chi connectivity index (χ2v) is 11.8. The topological polar surface area (TPSA) is 97.0 Å². The Kier molecular flexibility index (Phi) is 7.36. The molecule has 2 atom stereocenters. The predicted octanol–water partition coefficient (Wildman–Crippen LogP) is 2.55. The number of fused-ring (bicyclic) bond motifs is 3. The summed E-state index contributed by atoms with van der Waals surface area (Å²) in [5.41, 5.74) is 4.27. The van der Waals surface area contributed by atoms with Crippen LogP contribution in [0.25, 0.3) is 10.9 Å². The third-order valence-electron chi connectivity index (χ3n) is 9.12. The smallest absolute Gasteiger partial charge is 0.328 e. The minimum Gasteiger partial charge on any atom is -0.467 e. The highest BCUT2D eigenvalue weighted by atomic mass is 16.5. The van der Waals surface area contributed by atoms with Gasteiger partial charge in [-0.25, -0.2) is 4.79 Å². The number of nitrogens with one attached hydrogen (secondary N) is 1. The van der Waals surface area contributed by atoms with Crippen LogP contribution in [0.3, 0.4) is 0 Å². The van der Waals surface area contributed by atoms with E-state index < -0.39 is 6.04 Å². The molecule has 0 aliphatic carbocycles. The number of carbonyl (C=O) groups excluding carboxylic acids is 1. The van der Waals surface area contributed by atoms with Crippen molar-refractivity contribution in [1.29, 1.82) is 0 Å². The van der Waals surface area contributed by atoms with Crippen LogP contribution in [0.2, 0.25) is 0 Å². The number of carbonyl (C=O) groups is 1. The molecule has 4 aromatic rings. The van der Waals surface area contributed by atoms with E-state index in [0.29, 0.717) is 24.3 Å². The number of likely N-dealkylation sites (N-methyl/N-ethyl adjacent to an activating group) is 2. The molecule has 2 aromatic heterocycles. The number of aromatic amines is 1. The number of methoxy groups -OCH3 is 1. The number of ether oxygens (including phenoxy) is 1. The molecule has 2 fully saturated rings. The molecule has 11 heteroatoms. The fourth-order valence-electron chi connectivity index (χ4n) is 6.59. The van der Waals surface area contributed by atoms with Gasteiger partial charge in [-0.1, -0.05) is 48.5 Å². The van der Waals surface area contributed by atoms with Gasteiger partial charge in [-0.3, -0.25) is 0 Å². The third-order valence-corrected chi connectivity index (χ3v) is 9.12. The molecule has 3 aliphatic heterocycles. The summed E-state index contributed by atoms with van der Waals surface area (Å²) in [5.74, 6) is 1.50. The van der Waals surface area contributed by atoms with Crippen molar-refractivity contribution >= 4 is 34.7 Å². The van der Waals surface area contributed by atoms with Crippen LogP contribution in [-0.2, 0) is 16.0 Å². The average Bonchev–Trinajstić information content (AvgIpc) is 3.42. The van der Waals surface area contributed by atoms with Gasteiger partial charge >= 0.3 is 5.97 Å². The lowest BCUT2D eigenvalue weighted by Gasteiger charge is -2.42. The molecule has 1 N–H and O–H groups in total. The van der Waals surface area contributed by atoms with Crippen LogP contribution in [-0.4, -0.2) is 115 Å². The fourth-order valence-corrected chi connectivity index (χ4v) is 6.59. The van der Waals surface area contributed by atoms with Crippen molar-refractivity contribution in [3.05, 3.63) is 71.4 Å². The maximum absolute atomic E-state index is 13.7. The highest BCUT2D eigenvalue weighted by molar-refractivity contribution is 5.89. The van der Waals surface area contributed by atoms with Gasteiger partial charge < -0.3 is 34.2 Å². The largest absolute Gasteiger partial charge is 0.467 e. The molecular weight excluding hydrogens is 542 g/mol. The zero-order valence-electron chi connectivity index (χ0n) is 25.1. The van der Waals surface area contributed by atoms with Gasteiger partial charge in [0.15, 0.2) is 0 Å². The van der Waals surface area contributed by atoms with Gasteiger partial charge in [0.25, 0.3) is 0 Å². The maximum Gasteiger partial charge on any atom is 0.328 e. The molecule has 43 heavy (non-hydrogen) atoms. The van der Waals surface area contributed by atoms with E-state index in [1.807, 2.05) is 30.3 Å². The molecule has 0 spiro atoms.